The maximum Gasteiger partial charge on any atom is 0.273 e. The van der Waals surface area contributed by atoms with Gasteiger partial charge in [0, 0.05) is 12.6 Å². The number of likely N-dealkylation sites (tertiary alicyclic amines) is 1. The number of H-pyrrole nitrogens is 1. The third kappa shape index (κ3) is 3.43. The highest BCUT2D eigenvalue weighted by Gasteiger charge is 2.29. The fraction of sp³-hybridized carbons (Fsp3) is 0.286. The highest BCUT2D eigenvalue weighted by Crippen LogP contribution is 2.21. The van der Waals surface area contributed by atoms with E-state index >= 15 is 0 Å². The minimum absolute atomic E-state index is 0.128. The van der Waals surface area contributed by atoms with Gasteiger partial charge in [0.25, 0.3) is 11.1 Å². The van der Waals surface area contributed by atoms with E-state index in [-0.39, 0.29) is 29.6 Å². The molecule has 0 spiro atoms. The van der Waals surface area contributed by atoms with E-state index in [1.54, 1.807) is 24.3 Å². The van der Waals surface area contributed by atoms with Gasteiger partial charge in [-0.05, 0) is 37.0 Å². The number of amides is 1. The van der Waals surface area contributed by atoms with Gasteiger partial charge >= 0.3 is 0 Å². The van der Waals surface area contributed by atoms with Crippen LogP contribution in [0.4, 0.5) is 0 Å². The molecule has 1 aromatic heterocycles. The monoisotopic (exact) mass is 363 g/mol. The normalized spacial score (nSPS) is 16.7. The zero-order chi connectivity index (χ0) is 18.8. The van der Waals surface area contributed by atoms with E-state index in [1.165, 1.54) is 5.56 Å². The smallest absolute Gasteiger partial charge is 0.273 e. The van der Waals surface area contributed by atoms with Crippen molar-refractivity contribution in [2.24, 2.45) is 0 Å². The molecular weight excluding hydrogens is 342 g/mol. The molecule has 1 N–H and O–H groups in total. The molecule has 1 atom stereocenters. The fourth-order valence-corrected chi connectivity index (χ4v) is 3.85. The van der Waals surface area contributed by atoms with Gasteiger partial charge in [-0.2, -0.15) is 0 Å². The molecule has 27 heavy (non-hydrogen) atoms. The third-order valence-corrected chi connectivity index (χ3v) is 5.19. The maximum absolute atomic E-state index is 12.9. The Labute approximate surface area is 156 Å². The highest BCUT2D eigenvalue weighted by atomic mass is 16.2. The topological polar surface area (TPSA) is 75.2 Å². The van der Waals surface area contributed by atoms with Crippen LogP contribution >= 0.6 is 0 Å². The van der Waals surface area contributed by atoms with Gasteiger partial charge in [-0.15, -0.1) is 0 Å². The van der Waals surface area contributed by atoms with Crippen molar-refractivity contribution >= 4 is 16.7 Å². The molecule has 6 heteroatoms. The largest absolute Gasteiger partial charge is 0.338 e. The summed E-state index contributed by atoms with van der Waals surface area (Å²) < 4.78 is 1.13. The van der Waals surface area contributed by atoms with Gasteiger partial charge in [0.2, 0.25) is 5.91 Å². The second-order valence-electron chi connectivity index (χ2n) is 6.95. The molecule has 1 fully saturated rings. The second kappa shape index (κ2) is 7.23. The molecule has 0 radical (unpaired) electrons. The summed E-state index contributed by atoms with van der Waals surface area (Å²) in [6.45, 7) is 0.535. The van der Waals surface area contributed by atoms with Gasteiger partial charge in [0.1, 0.15) is 6.54 Å². The predicted molar refractivity (Wildman–Crippen MR) is 104 cm³/mol. The molecule has 0 aliphatic carbocycles. The van der Waals surface area contributed by atoms with Gasteiger partial charge < -0.3 is 4.90 Å². The summed E-state index contributed by atoms with van der Waals surface area (Å²) in [5.74, 6) is -0.138. The second-order valence-corrected chi connectivity index (χ2v) is 6.95. The zero-order valence-corrected chi connectivity index (χ0v) is 14.9. The summed E-state index contributed by atoms with van der Waals surface area (Å²) >= 11 is 0. The van der Waals surface area contributed by atoms with Crippen molar-refractivity contribution in [1.29, 1.82) is 0 Å². The van der Waals surface area contributed by atoms with Crippen LogP contribution in [0.5, 0.6) is 0 Å². The number of benzene rings is 2. The summed E-state index contributed by atoms with van der Waals surface area (Å²) in [4.78, 5) is 39.5. The Morgan fingerprint density at radius 1 is 1.00 bits per heavy atom. The van der Waals surface area contributed by atoms with Crippen LogP contribution in [0.25, 0.3) is 10.8 Å². The molecule has 0 unspecified atom stereocenters. The first kappa shape index (κ1) is 17.3. The molecule has 1 saturated heterocycles. The Balaban J connectivity index is 1.57. The van der Waals surface area contributed by atoms with Crippen LogP contribution in [0, 0.1) is 0 Å². The lowest BCUT2D eigenvalue weighted by atomic mass is 10.0. The van der Waals surface area contributed by atoms with E-state index in [9.17, 15) is 14.4 Å². The molecule has 2 heterocycles. The van der Waals surface area contributed by atoms with Crippen LogP contribution < -0.4 is 11.1 Å². The number of fused-ring (bicyclic) bond motifs is 1. The van der Waals surface area contributed by atoms with E-state index in [0.717, 1.165) is 23.9 Å². The number of aromatic amines is 1. The van der Waals surface area contributed by atoms with Crippen molar-refractivity contribution in [3.8, 4) is 0 Å². The van der Waals surface area contributed by atoms with Gasteiger partial charge in [-0.1, -0.05) is 42.5 Å². The van der Waals surface area contributed by atoms with Crippen molar-refractivity contribution in [2.75, 3.05) is 6.54 Å². The van der Waals surface area contributed by atoms with Crippen molar-refractivity contribution in [3.05, 3.63) is 80.9 Å². The number of hydrogen-bond donors (Lipinski definition) is 1. The van der Waals surface area contributed by atoms with Crippen LogP contribution in [0.2, 0.25) is 0 Å². The summed E-state index contributed by atoms with van der Waals surface area (Å²) in [5.41, 5.74) is 0.482. The number of carbonyl (C=O) groups is 1. The SMILES string of the molecule is O=C(Cn1[nH]c(=O)c2ccccc2c1=O)N1CCC[C@@H]1Cc1ccccc1. The Morgan fingerprint density at radius 3 is 2.48 bits per heavy atom. The molecule has 1 aliphatic heterocycles. The van der Waals surface area contributed by atoms with Crippen molar-refractivity contribution in [3.63, 3.8) is 0 Å². The van der Waals surface area contributed by atoms with Crippen LogP contribution in [-0.2, 0) is 17.8 Å². The highest BCUT2D eigenvalue weighted by molar-refractivity contribution is 5.81. The minimum Gasteiger partial charge on any atom is -0.338 e. The maximum atomic E-state index is 12.9. The summed E-state index contributed by atoms with van der Waals surface area (Å²) in [5, 5.41) is 3.21. The van der Waals surface area contributed by atoms with Crippen molar-refractivity contribution in [1.82, 2.24) is 14.7 Å². The number of nitrogens with one attached hydrogen (secondary N) is 1. The molecule has 1 amide bonds. The molecule has 4 rings (SSSR count). The molecule has 0 bridgehead atoms. The van der Waals surface area contributed by atoms with Crippen LogP contribution in [0.1, 0.15) is 18.4 Å². The van der Waals surface area contributed by atoms with E-state index in [4.69, 9.17) is 0 Å². The molecule has 2 aromatic carbocycles. The number of aromatic nitrogens is 2. The molecular formula is C21H21N3O3. The van der Waals surface area contributed by atoms with Gasteiger partial charge in [-0.3, -0.25) is 19.5 Å². The molecule has 0 saturated carbocycles. The Bertz CT molecular complexity index is 1090. The summed E-state index contributed by atoms with van der Waals surface area (Å²) in [6.07, 6.45) is 2.70. The Kier molecular flexibility index (Phi) is 4.62. The van der Waals surface area contributed by atoms with E-state index < -0.39 is 0 Å². The van der Waals surface area contributed by atoms with Crippen LogP contribution in [0.3, 0.4) is 0 Å². The zero-order valence-electron chi connectivity index (χ0n) is 14.9. The minimum atomic E-state index is -0.361. The van der Waals surface area contributed by atoms with Crippen LogP contribution in [0.15, 0.2) is 64.2 Å². The fourth-order valence-electron chi connectivity index (χ4n) is 3.85. The van der Waals surface area contributed by atoms with E-state index in [2.05, 4.69) is 17.2 Å². The summed E-state index contributed by atoms with van der Waals surface area (Å²) in [6, 6.07) is 16.9. The van der Waals surface area contributed by atoms with E-state index in [0.29, 0.717) is 17.3 Å². The molecule has 138 valence electrons. The lowest BCUT2D eigenvalue weighted by molar-refractivity contribution is -0.132. The van der Waals surface area contributed by atoms with Gasteiger partial charge in [0.15, 0.2) is 0 Å². The summed E-state index contributed by atoms with van der Waals surface area (Å²) in [7, 11) is 0. The first-order valence-corrected chi connectivity index (χ1v) is 9.19. The lowest BCUT2D eigenvalue weighted by Crippen LogP contribution is -2.42. The van der Waals surface area contributed by atoms with Crippen LogP contribution in [-0.4, -0.2) is 33.2 Å². The Morgan fingerprint density at radius 2 is 1.70 bits per heavy atom. The van der Waals surface area contributed by atoms with Gasteiger partial charge in [0.05, 0.1) is 10.8 Å². The van der Waals surface area contributed by atoms with Crippen molar-refractivity contribution < 1.29 is 4.79 Å². The first-order chi connectivity index (χ1) is 13.1. The van der Waals surface area contributed by atoms with E-state index in [1.807, 2.05) is 23.1 Å². The number of rotatable bonds is 4. The molecule has 1 aliphatic rings. The van der Waals surface area contributed by atoms with Gasteiger partial charge in [-0.25, -0.2) is 4.68 Å². The Hall–Kier alpha value is -3.15. The average Bonchev–Trinajstić information content (AvgIpc) is 3.15. The average molecular weight is 363 g/mol. The number of carbonyl (C=O) groups excluding carboxylic acids is 1. The lowest BCUT2D eigenvalue weighted by Gasteiger charge is -2.25. The number of hydrogen-bond acceptors (Lipinski definition) is 3. The molecule has 3 aromatic rings. The third-order valence-electron chi connectivity index (χ3n) is 5.19. The van der Waals surface area contributed by atoms with Crippen molar-refractivity contribution in [2.45, 2.75) is 31.8 Å². The predicted octanol–water partition coefficient (Wildman–Crippen LogP) is 1.92. The standard InChI is InChI=1S/C21H21N3O3/c25-19(23-12-6-9-16(23)13-15-7-2-1-3-8-15)14-24-21(27)18-11-5-4-10-17(18)20(26)22-24/h1-5,7-8,10-11,16H,6,9,12-14H2,(H,22,26)/t16-/m1/s1. The molecule has 6 nitrogen and oxygen atoms in total. The quantitative estimate of drug-likeness (QED) is 0.770. The number of nitrogens with zero attached hydrogens (tertiary/aromatic N) is 2. The first-order valence-electron chi connectivity index (χ1n) is 9.19.